The second kappa shape index (κ2) is 9.61. The first kappa shape index (κ1) is 19.6. The summed E-state index contributed by atoms with van der Waals surface area (Å²) in [5, 5.41) is 12.5. The zero-order valence-corrected chi connectivity index (χ0v) is 14.2. The van der Waals surface area contributed by atoms with E-state index in [4.69, 9.17) is 14.2 Å². The van der Waals surface area contributed by atoms with Crippen LogP contribution in [0, 0.1) is 0 Å². The molecule has 1 rings (SSSR count). The highest BCUT2D eigenvalue weighted by Crippen LogP contribution is 2.28. The largest absolute Gasteiger partial charge is 0.493 e. The molecule has 8 heteroatoms. The van der Waals surface area contributed by atoms with Crippen LogP contribution in [0.4, 0.5) is 4.79 Å². The fourth-order valence-electron chi connectivity index (χ4n) is 2.11. The van der Waals surface area contributed by atoms with Gasteiger partial charge in [-0.15, -0.1) is 0 Å². The summed E-state index contributed by atoms with van der Waals surface area (Å²) < 4.78 is 19.7. The first-order valence-electron chi connectivity index (χ1n) is 7.36. The van der Waals surface area contributed by atoms with Crippen LogP contribution in [0.3, 0.4) is 0 Å². The number of esters is 1. The molecule has 0 spiro atoms. The minimum atomic E-state index is -1.53. The van der Waals surface area contributed by atoms with Crippen molar-refractivity contribution in [3.63, 3.8) is 0 Å². The SMILES string of the molecule is CCOC(=O)NC(Cc1ccc(OC)c(OC)c1)C(O)C(=O)OC. The molecule has 0 aliphatic carbocycles. The quantitative estimate of drug-likeness (QED) is 0.677. The predicted octanol–water partition coefficient (Wildman–Crippen LogP) is 0.895. The van der Waals surface area contributed by atoms with Crippen LogP contribution in [0.1, 0.15) is 12.5 Å². The molecule has 2 N–H and O–H groups in total. The Morgan fingerprint density at radius 2 is 1.83 bits per heavy atom. The number of hydrogen-bond donors (Lipinski definition) is 2. The molecule has 2 atom stereocenters. The fraction of sp³-hybridized carbons (Fsp3) is 0.500. The van der Waals surface area contributed by atoms with Crippen molar-refractivity contribution < 1.29 is 33.6 Å². The fourth-order valence-corrected chi connectivity index (χ4v) is 2.11. The molecule has 0 saturated carbocycles. The van der Waals surface area contributed by atoms with Crippen LogP contribution in [-0.2, 0) is 20.7 Å². The Bertz CT molecular complexity index is 561. The van der Waals surface area contributed by atoms with Crippen molar-refractivity contribution in [1.82, 2.24) is 5.32 Å². The summed E-state index contributed by atoms with van der Waals surface area (Å²) in [6, 6.07) is 4.21. The van der Waals surface area contributed by atoms with Crippen molar-refractivity contribution in [2.45, 2.75) is 25.5 Å². The van der Waals surface area contributed by atoms with Gasteiger partial charge in [0, 0.05) is 0 Å². The normalized spacial score (nSPS) is 12.7. The van der Waals surface area contributed by atoms with Gasteiger partial charge in [-0.2, -0.15) is 0 Å². The summed E-state index contributed by atoms with van der Waals surface area (Å²) in [7, 11) is 4.17. The number of carbonyl (C=O) groups excluding carboxylic acids is 2. The summed E-state index contributed by atoms with van der Waals surface area (Å²) >= 11 is 0. The second-order valence-corrected chi connectivity index (χ2v) is 4.83. The highest BCUT2D eigenvalue weighted by atomic mass is 16.6. The standard InChI is InChI=1S/C16H23NO7/c1-5-24-16(20)17-11(14(18)15(19)23-4)8-10-6-7-12(21-2)13(9-10)22-3/h6-7,9,11,14,18H,5,8H2,1-4H3,(H,17,20). The maximum atomic E-state index is 11.6. The van der Waals surface area contributed by atoms with E-state index in [9.17, 15) is 14.7 Å². The van der Waals surface area contributed by atoms with E-state index in [1.807, 2.05) is 0 Å². The van der Waals surface area contributed by atoms with E-state index in [1.165, 1.54) is 14.2 Å². The van der Waals surface area contributed by atoms with Gasteiger partial charge in [0.2, 0.25) is 0 Å². The molecule has 1 aromatic carbocycles. The first-order chi connectivity index (χ1) is 11.5. The Hall–Kier alpha value is -2.48. The number of alkyl carbamates (subject to hydrolysis) is 1. The zero-order valence-electron chi connectivity index (χ0n) is 14.2. The molecule has 0 aliphatic rings. The molecule has 0 saturated heterocycles. The number of aliphatic hydroxyl groups is 1. The Labute approximate surface area is 140 Å². The van der Waals surface area contributed by atoms with Crippen molar-refractivity contribution >= 4 is 12.1 Å². The summed E-state index contributed by atoms with van der Waals surface area (Å²) in [5.74, 6) is 0.194. The Balaban J connectivity index is 2.98. The van der Waals surface area contributed by atoms with E-state index in [1.54, 1.807) is 25.1 Å². The monoisotopic (exact) mass is 341 g/mol. The third-order valence-electron chi connectivity index (χ3n) is 3.31. The lowest BCUT2D eigenvalue weighted by molar-refractivity contribution is -0.151. The highest BCUT2D eigenvalue weighted by molar-refractivity contribution is 5.77. The van der Waals surface area contributed by atoms with Gasteiger partial charge >= 0.3 is 12.1 Å². The van der Waals surface area contributed by atoms with Gasteiger partial charge in [-0.1, -0.05) is 6.07 Å². The van der Waals surface area contributed by atoms with E-state index in [0.717, 1.165) is 12.7 Å². The number of hydrogen-bond acceptors (Lipinski definition) is 7. The smallest absolute Gasteiger partial charge is 0.407 e. The van der Waals surface area contributed by atoms with Crippen molar-refractivity contribution in [2.75, 3.05) is 27.9 Å². The van der Waals surface area contributed by atoms with Crippen LogP contribution < -0.4 is 14.8 Å². The van der Waals surface area contributed by atoms with Gasteiger partial charge in [0.05, 0.1) is 34.0 Å². The highest BCUT2D eigenvalue weighted by Gasteiger charge is 2.29. The van der Waals surface area contributed by atoms with Gasteiger partial charge in [-0.3, -0.25) is 0 Å². The van der Waals surface area contributed by atoms with Crippen LogP contribution >= 0.6 is 0 Å². The lowest BCUT2D eigenvalue weighted by atomic mass is 10.0. The molecular formula is C16H23NO7. The molecule has 8 nitrogen and oxygen atoms in total. The summed E-state index contributed by atoms with van der Waals surface area (Å²) in [6.07, 6.45) is -2.10. The number of carbonyl (C=O) groups is 2. The maximum absolute atomic E-state index is 11.6. The molecule has 1 aromatic rings. The molecule has 1 amide bonds. The lowest BCUT2D eigenvalue weighted by Crippen LogP contribution is -2.48. The number of ether oxygens (including phenoxy) is 4. The van der Waals surface area contributed by atoms with E-state index in [-0.39, 0.29) is 13.0 Å². The molecule has 2 unspecified atom stereocenters. The minimum Gasteiger partial charge on any atom is -0.493 e. The van der Waals surface area contributed by atoms with Crippen molar-refractivity contribution in [2.24, 2.45) is 0 Å². The Kier molecular flexibility index (Phi) is 7.84. The van der Waals surface area contributed by atoms with Gasteiger partial charge in [0.15, 0.2) is 17.6 Å². The van der Waals surface area contributed by atoms with E-state index in [2.05, 4.69) is 10.1 Å². The average molecular weight is 341 g/mol. The number of methoxy groups -OCH3 is 3. The van der Waals surface area contributed by atoms with Gasteiger partial charge in [-0.05, 0) is 31.0 Å². The van der Waals surface area contributed by atoms with E-state index < -0.39 is 24.2 Å². The topological polar surface area (TPSA) is 103 Å². The molecule has 0 aromatic heterocycles. The van der Waals surface area contributed by atoms with Gasteiger partial charge < -0.3 is 29.4 Å². The van der Waals surface area contributed by atoms with Crippen molar-refractivity contribution in [3.05, 3.63) is 23.8 Å². The first-order valence-corrected chi connectivity index (χ1v) is 7.36. The number of nitrogens with one attached hydrogen (secondary N) is 1. The van der Waals surface area contributed by atoms with Crippen LogP contribution in [0.15, 0.2) is 18.2 Å². The van der Waals surface area contributed by atoms with Crippen LogP contribution in [0.25, 0.3) is 0 Å². The van der Waals surface area contributed by atoms with Gasteiger partial charge in [-0.25, -0.2) is 9.59 Å². The van der Waals surface area contributed by atoms with Crippen LogP contribution in [0.5, 0.6) is 11.5 Å². The zero-order chi connectivity index (χ0) is 18.1. The molecule has 134 valence electrons. The minimum absolute atomic E-state index is 0.162. The summed E-state index contributed by atoms with van der Waals surface area (Å²) in [4.78, 5) is 23.2. The molecular weight excluding hydrogens is 318 g/mol. The number of benzene rings is 1. The second-order valence-electron chi connectivity index (χ2n) is 4.83. The van der Waals surface area contributed by atoms with Gasteiger partial charge in [0.1, 0.15) is 0 Å². The maximum Gasteiger partial charge on any atom is 0.407 e. The van der Waals surface area contributed by atoms with Gasteiger partial charge in [0.25, 0.3) is 0 Å². The molecule has 0 aliphatic heterocycles. The molecule has 0 fully saturated rings. The molecule has 0 radical (unpaired) electrons. The summed E-state index contributed by atoms with van der Waals surface area (Å²) in [6.45, 7) is 1.82. The number of amides is 1. The van der Waals surface area contributed by atoms with Crippen molar-refractivity contribution in [1.29, 1.82) is 0 Å². The number of aliphatic hydroxyl groups excluding tert-OH is 1. The average Bonchev–Trinajstić information content (AvgIpc) is 2.59. The lowest BCUT2D eigenvalue weighted by Gasteiger charge is -2.22. The third kappa shape index (κ3) is 5.31. The van der Waals surface area contributed by atoms with Crippen LogP contribution in [-0.4, -0.2) is 57.3 Å². The predicted molar refractivity (Wildman–Crippen MR) is 85.2 cm³/mol. The molecule has 0 bridgehead atoms. The third-order valence-corrected chi connectivity index (χ3v) is 3.31. The Morgan fingerprint density at radius 1 is 1.17 bits per heavy atom. The van der Waals surface area contributed by atoms with E-state index in [0.29, 0.717) is 11.5 Å². The summed E-state index contributed by atoms with van der Waals surface area (Å²) in [5.41, 5.74) is 0.720. The Morgan fingerprint density at radius 3 is 2.38 bits per heavy atom. The number of rotatable bonds is 8. The van der Waals surface area contributed by atoms with E-state index >= 15 is 0 Å². The van der Waals surface area contributed by atoms with Crippen molar-refractivity contribution in [3.8, 4) is 11.5 Å². The molecule has 0 heterocycles. The molecule has 24 heavy (non-hydrogen) atoms. The van der Waals surface area contributed by atoms with Crippen LogP contribution in [0.2, 0.25) is 0 Å².